The van der Waals surface area contributed by atoms with Crippen molar-refractivity contribution in [3.63, 3.8) is 0 Å². The number of halogens is 1. The number of benzene rings is 1. The predicted octanol–water partition coefficient (Wildman–Crippen LogP) is 1.74. The van der Waals surface area contributed by atoms with E-state index in [4.69, 9.17) is 0 Å². The van der Waals surface area contributed by atoms with Crippen molar-refractivity contribution in [1.29, 1.82) is 0 Å². The minimum Gasteiger partial charge on any atom is -0.345 e. The molecular weight excluding hydrogens is 323 g/mol. The lowest BCUT2D eigenvalue weighted by atomic mass is 10.1. The first kappa shape index (κ1) is 17.1. The SMILES string of the molecule is C=CCN1C[C@H](C(=O)N(C)CCc2nc3ccc(F)cc3[nH]2)CC1=O. The van der Waals surface area contributed by atoms with E-state index in [2.05, 4.69) is 16.5 Å². The number of likely N-dealkylation sites (N-methyl/N-ethyl adjacent to an activating group) is 1. The third kappa shape index (κ3) is 3.70. The zero-order valence-electron chi connectivity index (χ0n) is 14.2. The molecule has 0 unspecified atom stereocenters. The van der Waals surface area contributed by atoms with Crippen LogP contribution in [0.1, 0.15) is 12.2 Å². The molecule has 1 aromatic heterocycles. The predicted molar refractivity (Wildman–Crippen MR) is 92.3 cm³/mol. The third-order valence-electron chi connectivity index (χ3n) is 4.47. The van der Waals surface area contributed by atoms with E-state index in [1.165, 1.54) is 12.1 Å². The molecule has 1 aliphatic heterocycles. The van der Waals surface area contributed by atoms with Crippen LogP contribution in [-0.2, 0) is 16.0 Å². The van der Waals surface area contributed by atoms with Gasteiger partial charge in [0.1, 0.15) is 11.6 Å². The van der Waals surface area contributed by atoms with Gasteiger partial charge >= 0.3 is 0 Å². The topological polar surface area (TPSA) is 69.3 Å². The second-order valence-electron chi connectivity index (χ2n) is 6.34. The van der Waals surface area contributed by atoms with Crippen LogP contribution in [0.15, 0.2) is 30.9 Å². The Kier molecular flexibility index (Phi) is 4.83. The summed E-state index contributed by atoms with van der Waals surface area (Å²) in [5.41, 5.74) is 1.34. The molecule has 1 fully saturated rings. The average molecular weight is 344 g/mol. The quantitative estimate of drug-likeness (QED) is 0.812. The Bertz CT molecular complexity index is 817. The van der Waals surface area contributed by atoms with Gasteiger partial charge in [-0.15, -0.1) is 6.58 Å². The largest absolute Gasteiger partial charge is 0.345 e. The Morgan fingerprint density at radius 1 is 1.56 bits per heavy atom. The zero-order chi connectivity index (χ0) is 18.0. The number of aromatic amines is 1. The molecule has 1 aromatic carbocycles. The van der Waals surface area contributed by atoms with Crippen LogP contribution in [0.4, 0.5) is 4.39 Å². The zero-order valence-corrected chi connectivity index (χ0v) is 14.2. The van der Waals surface area contributed by atoms with Gasteiger partial charge in [-0.25, -0.2) is 9.37 Å². The molecule has 2 amide bonds. The Labute approximate surface area is 145 Å². The number of nitrogens with zero attached hydrogens (tertiary/aromatic N) is 3. The molecule has 2 aromatic rings. The Morgan fingerprint density at radius 2 is 2.36 bits per heavy atom. The van der Waals surface area contributed by atoms with Crippen molar-refractivity contribution < 1.29 is 14.0 Å². The Hall–Kier alpha value is -2.70. The highest BCUT2D eigenvalue weighted by Crippen LogP contribution is 2.20. The maximum atomic E-state index is 13.2. The number of nitrogens with one attached hydrogen (secondary N) is 1. The van der Waals surface area contributed by atoms with Crippen LogP contribution in [0, 0.1) is 11.7 Å². The number of hydrogen-bond donors (Lipinski definition) is 1. The average Bonchev–Trinajstić information content (AvgIpc) is 3.15. The second-order valence-corrected chi connectivity index (χ2v) is 6.34. The monoisotopic (exact) mass is 344 g/mol. The van der Waals surface area contributed by atoms with Gasteiger partial charge in [0, 0.05) is 39.5 Å². The molecule has 7 heteroatoms. The van der Waals surface area contributed by atoms with Gasteiger partial charge in [0.25, 0.3) is 0 Å². The number of H-pyrrole nitrogens is 1. The van der Waals surface area contributed by atoms with Crippen LogP contribution >= 0.6 is 0 Å². The van der Waals surface area contributed by atoms with Gasteiger partial charge in [-0.2, -0.15) is 0 Å². The molecule has 1 saturated heterocycles. The lowest BCUT2D eigenvalue weighted by molar-refractivity contribution is -0.134. The standard InChI is InChI=1S/C18H21FN4O2/c1-3-7-23-11-12(9-17(23)24)18(25)22(2)8-6-16-20-14-5-4-13(19)10-15(14)21-16/h3-5,10,12H,1,6-9,11H2,2H3,(H,20,21)/t12-/m1/s1. The molecule has 0 bridgehead atoms. The van der Waals surface area contributed by atoms with Gasteiger partial charge < -0.3 is 14.8 Å². The van der Waals surface area contributed by atoms with E-state index in [9.17, 15) is 14.0 Å². The number of amides is 2. The molecule has 0 radical (unpaired) electrons. The van der Waals surface area contributed by atoms with E-state index in [1.54, 1.807) is 29.0 Å². The first-order valence-corrected chi connectivity index (χ1v) is 8.25. The normalized spacial score (nSPS) is 17.3. The molecule has 1 aliphatic rings. The number of likely N-dealkylation sites (tertiary alicyclic amines) is 1. The van der Waals surface area contributed by atoms with Gasteiger partial charge in [-0.1, -0.05) is 6.08 Å². The summed E-state index contributed by atoms with van der Waals surface area (Å²) in [6.07, 6.45) is 2.45. The summed E-state index contributed by atoms with van der Waals surface area (Å²) < 4.78 is 13.2. The summed E-state index contributed by atoms with van der Waals surface area (Å²) in [5.74, 6) is 0.0382. The molecule has 1 atom stereocenters. The van der Waals surface area contributed by atoms with Gasteiger partial charge in [-0.05, 0) is 18.2 Å². The van der Waals surface area contributed by atoms with E-state index in [0.717, 1.165) is 0 Å². The summed E-state index contributed by atoms with van der Waals surface area (Å²) in [4.78, 5) is 35.1. The lowest BCUT2D eigenvalue weighted by Crippen LogP contribution is -2.36. The van der Waals surface area contributed by atoms with Gasteiger partial charge in [0.15, 0.2) is 0 Å². The molecule has 0 saturated carbocycles. The van der Waals surface area contributed by atoms with Crippen LogP contribution in [0.3, 0.4) is 0 Å². The highest BCUT2D eigenvalue weighted by atomic mass is 19.1. The number of aromatic nitrogens is 2. The maximum absolute atomic E-state index is 13.2. The van der Waals surface area contributed by atoms with Crippen LogP contribution in [0.2, 0.25) is 0 Å². The summed E-state index contributed by atoms with van der Waals surface area (Å²) in [5, 5.41) is 0. The van der Waals surface area contributed by atoms with Crippen molar-refractivity contribution in [2.75, 3.05) is 26.7 Å². The van der Waals surface area contributed by atoms with Crippen molar-refractivity contribution in [1.82, 2.24) is 19.8 Å². The lowest BCUT2D eigenvalue weighted by Gasteiger charge is -2.20. The molecule has 3 rings (SSSR count). The van der Waals surface area contributed by atoms with Gasteiger partial charge in [0.2, 0.25) is 11.8 Å². The van der Waals surface area contributed by atoms with Crippen molar-refractivity contribution in [3.8, 4) is 0 Å². The smallest absolute Gasteiger partial charge is 0.227 e. The fourth-order valence-electron chi connectivity index (χ4n) is 3.12. The summed E-state index contributed by atoms with van der Waals surface area (Å²) in [7, 11) is 1.73. The molecule has 0 aliphatic carbocycles. The first-order chi connectivity index (χ1) is 12.0. The van der Waals surface area contributed by atoms with Gasteiger partial charge in [-0.3, -0.25) is 9.59 Å². The van der Waals surface area contributed by atoms with Crippen molar-refractivity contribution in [2.24, 2.45) is 5.92 Å². The molecule has 0 spiro atoms. The number of hydrogen-bond acceptors (Lipinski definition) is 3. The molecule has 1 N–H and O–H groups in total. The van der Waals surface area contributed by atoms with Crippen LogP contribution < -0.4 is 0 Å². The molecule has 132 valence electrons. The molecule has 6 nitrogen and oxygen atoms in total. The number of carbonyl (C=O) groups excluding carboxylic acids is 2. The number of rotatable bonds is 6. The van der Waals surface area contributed by atoms with Crippen molar-refractivity contribution in [2.45, 2.75) is 12.8 Å². The third-order valence-corrected chi connectivity index (χ3v) is 4.47. The minimum atomic E-state index is -0.315. The molecule has 2 heterocycles. The van der Waals surface area contributed by atoms with Crippen molar-refractivity contribution in [3.05, 3.63) is 42.5 Å². The highest BCUT2D eigenvalue weighted by Gasteiger charge is 2.34. The van der Waals surface area contributed by atoms with Crippen LogP contribution in [-0.4, -0.2) is 58.3 Å². The molecular formula is C18H21FN4O2. The Morgan fingerprint density at radius 3 is 3.12 bits per heavy atom. The van der Waals surface area contributed by atoms with E-state index < -0.39 is 0 Å². The highest BCUT2D eigenvalue weighted by molar-refractivity contribution is 5.89. The van der Waals surface area contributed by atoms with E-state index >= 15 is 0 Å². The fraction of sp³-hybridized carbons (Fsp3) is 0.389. The minimum absolute atomic E-state index is 0.00837. The van der Waals surface area contributed by atoms with Crippen LogP contribution in [0.25, 0.3) is 11.0 Å². The fourth-order valence-corrected chi connectivity index (χ4v) is 3.12. The molecule has 25 heavy (non-hydrogen) atoms. The first-order valence-electron chi connectivity index (χ1n) is 8.25. The van der Waals surface area contributed by atoms with E-state index in [1.807, 2.05) is 0 Å². The van der Waals surface area contributed by atoms with E-state index in [-0.39, 0.29) is 30.0 Å². The summed E-state index contributed by atoms with van der Waals surface area (Å²) >= 11 is 0. The van der Waals surface area contributed by atoms with Crippen LogP contribution in [0.5, 0.6) is 0 Å². The number of fused-ring (bicyclic) bond motifs is 1. The number of carbonyl (C=O) groups is 2. The maximum Gasteiger partial charge on any atom is 0.227 e. The summed E-state index contributed by atoms with van der Waals surface area (Å²) in [6, 6.07) is 4.39. The number of imidazole rings is 1. The Balaban J connectivity index is 1.58. The second kappa shape index (κ2) is 7.04. The summed E-state index contributed by atoms with van der Waals surface area (Å²) in [6.45, 7) is 5.02. The van der Waals surface area contributed by atoms with Crippen molar-refractivity contribution >= 4 is 22.8 Å². The van der Waals surface area contributed by atoms with Gasteiger partial charge in [0.05, 0.1) is 17.0 Å². The van der Waals surface area contributed by atoms with E-state index in [0.29, 0.717) is 42.9 Å².